The summed E-state index contributed by atoms with van der Waals surface area (Å²) >= 11 is 0. The molecule has 0 saturated carbocycles. The van der Waals surface area contributed by atoms with E-state index < -0.39 is 0 Å². The second kappa shape index (κ2) is 4.72. The molecule has 0 saturated heterocycles. The second-order valence-corrected chi connectivity index (χ2v) is 2.53. The number of methoxy groups -OCH3 is 1. The lowest BCUT2D eigenvalue weighted by atomic mass is 10.0. The normalized spacial score (nSPS) is 11.5. The Morgan fingerprint density at radius 1 is 1.55 bits per heavy atom. The van der Waals surface area contributed by atoms with Gasteiger partial charge in [-0.05, 0) is 11.5 Å². The number of hydrogen-bond donors (Lipinski definition) is 0. The van der Waals surface area contributed by atoms with Crippen molar-refractivity contribution >= 4 is 5.97 Å². The number of carbonyl (C=O) groups excluding carboxylic acids is 1. The van der Waals surface area contributed by atoms with Crippen LogP contribution in [0.5, 0.6) is 0 Å². The van der Waals surface area contributed by atoms with E-state index in [-0.39, 0.29) is 5.97 Å². The monoisotopic (exact) mass is 154 g/mol. The van der Waals surface area contributed by atoms with Crippen molar-refractivity contribution in [1.82, 2.24) is 0 Å². The van der Waals surface area contributed by atoms with Crippen LogP contribution in [-0.4, -0.2) is 13.1 Å². The Hall–Kier alpha value is -1.05. The Bertz CT molecular complexity index is 178. The number of ether oxygens (including phenoxy) is 1. The van der Waals surface area contributed by atoms with Gasteiger partial charge in [-0.1, -0.05) is 26.5 Å². The highest BCUT2D eigenvalue weighted by molar-refractivity contribution is 5.83. The first kappa shape index (κ1) is 9.95. The molecule has 0 aliphatic heterocycles. The zero-order chi connectivity index (χ0) is 8.85. The summed E-state index contributed by atoms with van der Waals surface area (Å²) in [6.45, 7) is 7.59. The van der Waals surface area contributed by atoms with E-state index in [1.54, 1.807) is 6.08 Å². The summed E-state index contributed by atoms with van der Waals surface area (Å²) < 4.78 is 4.47. The molecule has 0 radical (unpaired) electrons. The van der Waals surface area contributed by atoms with Gasteiger partial charge in [0, 0.05) is 6.08 Å². The van der Waals surface area contributed by atoms with E-state index in [1.807, 2.05) is 13.8 Å². The van der Waals surface area contributed by atoms with Gasteiger partial charge in [0.2, 0.25) is 0 Å². The lowest BCUT2D eigenvalue weighted by Gasteiger charge is -2.03. The van der Waals surface area contributed by atoms with Gasteiger partial charge in [-0.25, -0.2) is 4.79 Å². The lowest BCUT2D eigenvalue weighted by molar-refractivity contribution is -0.134. The fourth-order valence-corrected chi connectivity index (χ4v) is 0.656. The Balaban J connectivity index is 4.35. The fraction of sp³-hybridized carbons (Fsp3) is 0.444. The van der Waals surface area contributed by atoms with Crippen LogP contribution < -0.4 is 0 Å². The molecule has 0 amide bonds. The molecule has 0 spiro atoms. The first-order valence-electron chi connectivity index (χ1n) is 3.53. The molecule has 0 aromatic rings. The zero-order valence-electron chi connectivity index (χ0n) is 7.26. The number of carbonyl (C=O) groups is 1. The molecular formula is C9H14O2. The lowest BCUT2D eigenvalue weighted by Crippen LogP contribution is -1.99. The van der Waals surface area contributed by atoms with Crippen molar-refractivity contribution in [3.63, 3.8) is 0 Å². The molecule has 0 aromatic heterocycles. The maximum atomic E-state index is 10.7. The third-order valence-electron chi connectivity index (χ3n) is 1.39. The van der Waals surface area contributed by atoms with Crippen molar-refractivity contribution in [2.75, 3.05) is 7.11 Å². The number of esters is 1. The van der Waals surface area contributed by atoms with Crippen LogP contribution >= 0.6 is 0 Å². The van der Waals surface area contributed by atoms with E-state index in [4.69, 9.17) is 0 Å². The van der Waals surface area contributed by atoms with E-state index in [0.717, 1.165) is 5.57 Å². The summed E-state index contributed by atoms with van der Waals surface area (Å²) in [6, 6.07) is 0. The van der Waals surface area contributed by atoms with Crippen LogP contribution in [0, 0.1) is 5.92 Å². The smallest absolute Gasteiger partial charge is 0.330 e. The Kier molecular flexibility index (Phi) is 4.27. The minimum atomic E-state index is -0.325. The Labute approximate surface area is 67.6 Å². The van der Waals surface area contributed by atoms with Crippen LogP contribution in [0.15, 0.2) is 24.3 Å². The van der Waals surface area contributed by atoms with Gasteiger partial charge in [0.05, 0.1) is 7.11 Å². The van der Waals surface area contributed by atoms with Gasteiger partial charge in [-0.15, -0.1) is 0 Å². The fourth-order valence-electron chi connectivity index (χ4n) is 0.656. The van der Waals surface area contributed by atoms with Gasteiger partial charge >= 0.3 is 5.97 Å². The largest absolute Gasteiger partial charge is 0.466 e. The summed E-state index contributed by atoms with van der Waals surface area (Å²) in [5.41, 5.74) is 0.900. The van der Waals surface area contributed by atoms with Gasteiger partial charge in [0.15, 0.2) is 0 Å². The van der Waals surface area contributed by atoms with Crippen molar-refractivity contribution in [3.05, 3.63) is 24.3 Å². The molecule has 0 fully saturated rings. The molecule has 0 aromatic carbocycles. The van der Waals surface area contributed by atoms with Crippen LogP contribution in [0.3, 0.4) is 0 Å². The van der Waals surface area contributed by atoms with Crippen molar-refractivity contribution in [1.29, 1.82) is 0 Å². The standard InChI is InChI=1S/C9H14O2/c1-5-8(7(2)3)6-9(10)11-4/h5-7H,1H2,2-4H3/b8-6+. The molecule has 0 aliphatic carbocycles. The molecule has 0 rings (SSSR count). The number of hydrogen-bond acceptors (Lipinski definition) is 2. The van der Waals surface area contributed by atoms with E-state index >= 15 is 0 Å². The average molecular weight is 154 g/mol. The molecule has 2 heteroatoms. The van der Waals surface area contributed by atoms with Gasteiger partial charge in [0.1, 0.15) is 0 Å². The highest BCUT2D eigenvalue weighted by Crippen LogP contribution is 2.09. The third kappa shape index (κ3) is 3.61. The van der Waals surface area contributed by atoms with Gasteiger partial charge in [0.25, 0.3) is 0 Å². The van der Waals surface area contributed by atoms with Crippen LogP contribution in [0.25, 0.3) is 0 Å². The van der Waals surface area contributed by atoms with Crippen LogP contribution in [0.1, 0.15) is 13.8 Å². The molecule has 0 aliphatic rings. The zero-order valence-corrected chi connectivity index (χ0v) is 7.26. The van der Waals surface area contributed by atoms with Crippen molar-refractivity contribution < 1.29 is 9.53 Å². The molecule has 11 heavy (non-hydrogen) atoms. The molecular weight excluding hydrogens is 140 g/mol. The van der Waals surface area contributed by atoms with Crippen molar-refractivity contribution in [2.45, 2.75) is 13.8 Å². The minimum absolute atomic E-state index is 0.312. The molecule has 0 bridgehead atoms. The summed E-state index contributed by atoms with van der Waals surface area (Å²) in [6.07, 6.45) is 3.12. The second-order valence-electron chi connectivity index (χ2n) is 2.53. The number of allylic oxidation sites excluding steroid dienone is 2. The average Bonchev–Trinajstić information content (AvgIpc) is 1.99. The third-order valence-corrected chi connectivity index (χ3v) is 1.39. The summed E-state index contributed by atoms with van der Waals surface area (Å²) in [7, 11) is 1.36. The Morgan fingerprint density at radius 2 is 2.09 bits per heavy atom. The SMILES string of the molecule is C=C/C(=C\C(=O)OC)C(C)C. The van der Waals surface area contributed by atoms with Gasteiger partial charge in [-0.2, -0.15) is 0 Å². The quantitative estimate of drug-likeness (QED) is 0.352. The van der Waals surface area contributed by atoms with Crippen LogP contribution in [0.4, 0.5) is 0 Å². The van der Waals surface area contributed by atoms with E-state index in [1.165, 1.54) is 13.2 Å². The minimum Gasteiger partial charge on any atom is -0.466 e. The first-order chi connectivity index (χ1) is 5.11. The van der Waals surface area contributed by atoms with Gasteiger partial charge in [-0.3, -0.25) is 0 Å². The molecule has 0 N–H and O–H groups in total. The number of rotatable bonds is 3. The van der Waals surface area contributed by atoms with Crippen LogP contribution in [0.2, 0.25) is 0 Å². The molecule has 2 nitrogen and oxygen atoms in total. The Morgan fingerprint density at radius 3 is 2.36 bits per heavy atom. The van der Waals surface area contributed by atoms with E-state index in [9.17, 15) is 4.79 Å². The van der Waals surface area contributed by atoms with E-state index in [2.05, 4.69) is 11.3 Å². The molecule has 0 unspecified atom stereocenters. The topological polar surface area (TPSA) is 26.3 Å². The van der Waals surface area contributed by atoms with Crippen LogP contribution in [-0.2, 0) is 9.53 Å². The molecule has 0 atom stereocenters. The maximum absolute atomic E-state index is 10.7. The predicted octanol–water partition coefficient (Wildman–Crippen LogP) is 1.93. The van der Waals surface area contributed by atoms with Crippen molar-refractivity contribution in [3.8, 4) is 0 Å². The highest BCUT2D eigenvalue weighted by Gasteiger charge is 2.01. The van der Waals surface area contributed by atoms with E-state index in [0.29, 0.717) is 5.92 Å². The highest BCUT2D eigenvalue weighted by atomic mass is 16.5. The predicted molar refractivity (Wildman–Crippen MR) is 45.1 cm³/mol. The maximum Gasteiger partial charge on any atom is 0.330 e. The summed E-state index contributed by atoms with van der Waals surface area (Å²) in [5, 5.41) is 0. The molecule has 62 valence electrons. The van der Waals surface area contributed by atoms with Gasteiger partial charge < -0.3 is 4.74 Å². The molecule has 0 heterocycles. The first-order valence-corrected chi connectivity index (χ1v) is 3.53. The summed E-state index contributed by atoms with van der Waals surface area (Å²) in [5.74, 6) is -0.0137. The van der Waals surface area contributed by atoms with Crippen molar-refractivity contribution in [2.24, 2.45) is 5.92 Å². The summed E-state index contributed by atoms with van der Waals surface area (Å²) in [4.78, 5) is 10.7.